The summed E-state index contributed by atoms with van der Waals surface area (Å²) in [7, 11) is 0. The number of anilines is 2. The van der Waals surface area contributed by atoms with Gasteiger partial charge < -0.3 is 19.9 Å². The van der Waals surface area contributed by atoms with Gasteiger partial charge in [0.05, 0.1) is 23.9 Å². The van der Waals surface area contributed by atoms with Gasteiger partial charge in [0.2, 0.25) is 0 Å². The van der Waals surface area contributed by atoms with Crippen molar-refractivity contribution in [3.05, 3.63) is 54.1 Å². The van der Waals surface area contributed by atoms with Gasteiger partial charge in [-0.3, -0.25) is 0 Å². The highest BCUT2D eigenvalue weighted by Gasteiger charge is 2.23. The summed E-state index contributed by atoms with van der Waals surface area (Å²) in [6.07, 6.45) is 0. The lowest BCUT2D eigenvalue weighted by atomic mass is 10.2. The molecule has 0 aromatic heterocycles. The molecule has 0 saturated carbocycles. The summed E-state index contributed by atoms with van der Waals surface area (Å²) in [5.41, 5.74) is 2.23. The van der Waals surface area contributed by atoms with E-state index in [2.05, 4.69) is 16.3 Å². The zero-order valence-electron chi connectivity index (χ0n) is 14.8. The van der Waals surface area contributed by atoms with Crippen molar-refractivity contribution in [1.82, 2.24) is 4.90 Å². The van der Waals surface area contributed by atoms with Crippen molar-refractivity contribution in [2.24, 2.45) is 0 Å². The maximum atomic E-state index is 12.5. The van der Waals surface area contributed by atoms with Crippen LogP contribution in [0.4, 0.5) is 16.2 Å². The molecule has 6 nitrogen and oxygen atoms in total. The SMILES string of the molecule is CCOc1ccccc1N1CCN(C(=O)Nc2cccc(C#N)c2)CC1. The normalized spacial score (nSPS) is 13.8. The molecule has 0 atom stereocenters. The van der Waals surface area contributed by atoms with Crippen LogP contribution in [0.25, 0.3) is 0 Å². The number of para-hydroxylation sites is 2. The molecule has 0 spiro atoms. The van der Waals surface area contributed by atoms with Gasteiger partial charge in [0.25, 0.3) is 0 Å². The number of urea groups is 1. The van der Waals surface area contributed by atoms with Crippen molar-refractivity contribution in [1.29, 1.82) is 5.26 Å². The van der Waals surface area contributed by atoms with Gasteiger partial charge in [-0.1, -0.05) is 18.2 Å². The number of nitrogens with one attached hydrogen (secondary N) is 1. The van der Waals surface area contributed by atoms with Crippen molar-refractivity contribution in [3.8, 4) is 11.8 Å². The quantitative estimate of drug-likeness (QED) is 0.918. The van der Waals surface area contributed by atoms with Crippen LogP contribution in [0, 0.1) is 11.3 Å². The highest BCUT2D eigenvalue weighted by molar-refractivity contribution is 5.89. The van der Waals surface area contributed by atoms with Crippen LogP contribution < -0.4 is 15.0 Å². The average molecular weight is 350 g/mol. The molecule has 1 aliphatic heterocycles. The summed E-state index contributed by atoms with van der Waals surface area (Å²) in [5.74, 6) is 0.876. The number of benzene rings is 2. The third-order valence-corrected chi connectivity index (χ3v) is 4.32. The summed E-state index contributed by atoms with van der Waals surface area (Å²) in [5, 5.41) is 11.8. The summed E-state index contributed by atoms with van der Waals surface area (Å²) in [6.45, 7) is 5.35. The van der Waals surface area contributed by atoms with E-state index in [1.165, 1.54) is 0 Å². The second kappa shape index (κ2) is 8.26. The molecule has 1 heterocycles. The molecule has 2 aromatic carbocycles. The first-order valence-corrected chi connectivity index (χ1v) is 8.74. The van der Waals surface area contributed by atoms with Crippen molar-refractivity contribution in [2.45, 2.75) is 6.92 Å². The number of piperazine rings is 1. The van der Waals surface area contributed by atoms with Gasteiger partial charge in [0, 0.05) is 31.9 Å². The Labute approximate surface area is 153 Å². The predicted molar refractivity (Wildman–Crippen MR) is 102 cm³/mol. The second-order valence-electron chi connectivity index (χ2n) is 6.00. The molecule has 1 N–H and O–H groups in total. The van der Waals surface area contributed by atoms with E-state index < -0.39 is 0 Å². The first kappa shape index (κ1) is 17.6. The Kier molecular flexibility index (Phi) is 5.59. The number of nitriles is 1. The maximum Gasteiger partial charge on any atom is 0.321 e. The van der Waals surface area contributed by atoms with Crippen molar-refractivity contribution in [2.75, 3.05) is 43.0 Å². The molecular weight excluding hydrogens is 328 g/mol. The smallest absolute Gasteiger partial charge is 0.321 e. The van der Waals surface area contributed by atoms with Gasteiger partial charge in [-0.15, -0.1) is 0 Å². The van der Waals surface area contributed by atoms with Crippen LogP contribution in [0.3, 0.4) is 0 Å². The van der Waals surface area contributed by atoms with E-state index >= 15 is 0 Å². The number of amides is 2. The van der Waals surface area contributed by atoms with Crippen LogP contribution >= 0.6 is 0 Å². The zero-order chi connectivity index (χ0) is 18.4. The van der Waals surface area contributed by atoms with Gasteiger partial charge in [-0.25, -0.2) is 4.79 Å². The van der Waals surface area contributed by atoms with Crippen LogP contribution in [0.1, 0.15) is 12.5 Å². The minimum Gasteiger partial charge on any atom is -0.492 e. The summed E-state index contributed by atoms with van der Waals surface area (Å²) >= 11 is 0. The Morgan fingerprint density at radius 3 is 2.65 bits per heavy atom. The summed E-state index contributed by atoms with van der Waals surface area (Å²) < 4.78 is 5.70. The number of nitrogens with zero attached hydrogens (tertiary/aromatic N) is 3. The van der Waals surface area contributed by atoms with Crippen LogP contribution in [-0.4, -0.2) is 43.7 Å². The molecule has 6 heteroatoms. The van der Waals surface area contributed by atoms with Crippen LogP contribution in [0.5, 0.6) is 5.75 Å². The Balaban J connectivity index is 1.60. The lowest BCUT2D eigenvalue weighted by Crippen LogP contribution is -2.50. The molecule has 2 amide bonds. The van der Waals surface area contributed by atoms with E-state index in [1.807, 2.05) is 31.2 Å². The monoisotopic (exact) mass is 350 g/mol. The Morgan fingerprint density at radius 2 is 1.92 bits per heavy atom. The molecule has 3 rings (SSSR count). The molecule has 0 radical (unpaired) electrons. The lowest BCUT2D eigenvalue weighted by molar-refractivity contribution is 0.208. The van der Waals surface area contributed by atoms with Crippen LogP contribution in [-0.2, 0) is 0 Å². The molecule has 0 bridgehead atoms. The van der Waals surface area contributed by atoms with Crippen molar-refractivity contribution < 1.29 is 9.53 Å². The Bertz CT molecular complexity index is 807. The fourth-order valence-electron chi connectivity index (χ4n) is 3.02. The third-order valence-electron chi connectivity index (χ3n) is 4.32. The van der Waals surface area contributed by atoms with E-state index in [4.69, 9.17) is 10.00 Å². The number of hydrogen-bond acceptors (Lipinski definition) is 4. The van der Waals surface area contributed by atoms with Crippen molar-refractivity contribution in [3.63, 3.8) is 0 Å². The van der Waals surface area contributed by atoms with Gasteiger partial charge in [0.15, 0.2) is 0 Å². The van der Waals surface area contributed by atoms with E-state index in [0.717, 1.165) is 24.5 Å². The molecule has 1 saturated heterocycles. The first-order valence-electron chi connectivity index (χ1n) is 8.74. The minimum atomic E-state index is -0.141. The van der Waals surface area contributed by atoms with E-state index in [-0.39, 0.29) is 6.03 Å². The Hall–Kier alpha value is -3.20. The summed E-state index contributed by atoms with van der Waals surface area (Å²) in [6, 6.07) is 16.9. The molecule has 0 aliphatic carbocycles. The Morgan fingerprint density at radius 1 is 1.15 bits per heavy atom. The fourth-order valence-corrected chi connectivity index (χ4v) is 3.02. The highest BCUT2D eigenvalue weighted by Crippen LogP contribution is 2.28. The highest BCUT2D eigenvalue weighted by atomic mass is 16.5. The topological polar surface area (TPSA) is 68.6 Å². The van der Waals surface area contributed by atoms with E-state index in [1.54, 1.807) is 29.2 Å². The standard InChI is InChI=1S/C20H22N4O2/c1-2-26-19-9-4-3-8-18(19)23-10-12-24(13-11-23)20(25)22-17-7-5-6-16(14-17)15-21/h3-9,14H,2,10-13H2,1H3,(H,22,25). The molecular formula is C20H22N4O2. The molecule has 1 fully saturated rings. The first-order chi connectivity index (χ1) is 12.7. The van der Waals surface area contributed by atoms with Gasteiger partial charge in [-0.05, 0) is 37.3 Å². The molecule has 1 aliphatic rings. The van der Waals surface area contributed by atoms with Crippen molar-refractivity contribution >= 4 is 17.4 Å². The molecule has 26 heavy (non-hydrogen) atoms. The fraction of sp³-hybridized carbons (Fsp3) is 0.300. The predicted octanol–water partition coefficient (Wildman–Crippen LogP) is 3.31. The molecule has 0 unspecified atom stereocenters. The maximum absolute atomic E-state index is 12.5. The number of carbonyl (C=O) groups excluding carboxylic acids is 1. The van der Waals surface area contributed by atoms with E-state index in [0.29, 0.717) is 30.9 Å². The second-order valence-corrected chi connectivity index (χ2v) is 6.00. The van der Waals surface area contributed by atoms with Gasteiger partial charge >= 0.3 is 6.03 Å². The average Bonchev–Trinajstić information content (AvgIpc) is 2.69. The van der Waals surface area contributed by atoms with E-state index in [9.17, 15) is 4.79 Å². The van der Waals surface area contributed by atoms with Crippen LogP contribution in [0.15, 0.2) is 48.5 Å². The molecule has 134 valence electrons. The zero-order valence-corrected chi connectivity index (χ0v) is 14.8. The van der Waals surface area contributed by atoms with Gasteiger partial charge in [0.1, 0.15) is 5.75 Å². The minimum absolute atomic E-state index is 0.141. The van der Waals surface area contributed by atoms with Crippen LogP contribution in [0.2, 0.25) is 0 Å². The number of rotatable bonds is 4. The number of hydrogen-bond donors (Lipinski definition) is 1. The lowest BCUT2D eigenvalue weighted by Gasteiger charge is -2.36. The summed E-state index contributed by atoms with van der Waals surface area (Å²) in [4.78, 5) is 16.5. The number of ether oxygens (including phenoxy) is 1. The largest absolute Gasteiger partial charge is 0.492 e. The third kappa shape index (κ3) is 4.06. The van der Waals surface area contributed by atoms with Gasteiger partial charge in [-0.2, -0.15) is 5.26 Å². The number of carbonyl (C=O) groups is 1. The molecule has 2 aromatic rings.